The molecule has 1 fully saturated rings. The molecule has 1 unspecified atom stereocenters. The maximum absolute atomic E-state index is 11.5. The van der Waals surface area contributed by atoms with E-state index in [4.69, 9.17) is 0 Å². The molecule has 7 nitrogen and oxygen atoms in total. The van der Waals surface area contributed by atoms with E-state index in [9.17, 15) is 4.79 Å². The zero-order valence-electron chi connectivity index (χ0n) is 13.5. The molecule has 1 aliphatic rings. The van der Waals surface area contributed by atoms with Crippen LogP contribution in [0.25, 0.3) is 11.6 Å². The van der Waals surface area contributed by atoms with E-state index in [0.717, 1.165) is 17.1 Å². The number of nitrogens with zero attached hydrogens (tertiary/aromatic N) is 4. The number of H-pyrrole nitrogens is 1. The normalized spacial score (nSPS) is 16.4. The third-order valence-electron chi connectivity index (χ3n) is 4.69. The van der Waals surface area contributed by atoms with E-state index in [2.05, 4.69) is 32.4 Å². The molecule has 0 saturated heterocycles. The van der Waals surface area contributed by atoms with Crippen LogP contribution in [0.4, 0.5) is 5.82 Å². The zero-order valence-corrected chi connectivity index (χ0v) is 13.5. The molecule has 7 heteroatoms. The maximum atomic E-state index is 11.5. The lowest BCUT2D eigenvalue weighted by Gasteiger charge is -2.32. The van der Waals surface area contributed by atoms with Gasteiger partial charge in [0, 0.05) is 24.3 Å². The highest BCUT2D eigenvalue weighted by molar-refractivity contribution is 5.54. The first kappa shape index (κ1) is 14.7. The highest BCUT2D eigenvalue weighted by Crippen LogP contribution is 2.31. The van der Waals surface area contributed by atoms with Crippen LogP contribution in [0.3, 0.4) is 0 Å². The average Bonchev–Trinajstić information content (AvgIpc) is 2.73. The molecular formula is C15H22N6O. The van der Waals surface area contributed by atoms with Gasteiger partial charge in [-0.05, 0) is 39.5 Å². The molecule has 0 bridgehead atoms. The Kier molecular flexibility index (Phi) is 3.72. The summed E-state index contributed by atoms with van der Waals surface area (Å²) in [5.41, 5.74) is 1.66. The fourth-order valence-corrected chi connectivity index (χ4v) is 2.69. The Hall–Kier alpha value is -2.18. The molecular weight excluding hydrogens is 280 g/mol. The molecule has 2 N–H and O–H groups in total. The summed E-state index contributed by atoms with van der Waals surface area (Å²) in [5, 5.41) is 9.95. The van der Waals surface area contributed by atoms with Crippen LogP contribution in [-0.2, 0) is 7.05 Å². The largest absolute Gasteiger partial charge is 0.367 e. The molecule has 1 saturated carbocycles. The van der Waals surface area contributed by atoms with Crippen LogP contribution >= 0.6 is 0 Å². The molecule has 2 heterocycles. The van der Waals surface area contributed by atoms with Gasteiger partial charge in [0.25, 0.3) is 0 Å². The highest BCUT2D eigenvalue weighted by atomic mass is 16.1. The molecule has 2 aromatic rings. The van der Waals surface area contributed by atoms with Crippen LogP contribution in [0.1, 0.15) is 37.4 Å². The molecule has 22 heavy (non-hydrogen) atoms. The minimum atomic E-state index is -0.269. The summed E-state index contributed by atoms with van der Waals surface area (Å²) in [6.07, 6.45) is 3.87. The summed E-state index contributed by atoms with van der Waals surface area (Å²) in [6.45, 7) is 6.16. The van der Waals surface area contributed by atoms with Gasteiger partial charge >= 0.3 is 5.69 Å². The van der Waals surface area contributed by atoms with Crippen LogP contribution in [0.5, 0.6) is 0 Å². The van der Waals surface area contributed by atoms with Crippen molar-refractivity contribution in [2.24, 2.45) is 13.0 Å². The van der Waals surface area contributed by atoms with Crippen LogP contribution < -0.4 is 11.0 Å². The van der Waals surface area contributed by atoms with Crippen molar-refractivity contribution in [2.75, 3.05) is 5.32 Å². The first-order chi connectivity index (χ1) is 10.5. The third-order valence-corrected chi connectivity index (χ3v) is 4.69. The molecule has 118 valence electrons. The lowest BCUT2D eigenvalue weighted by molar-refractivity contribution is 0.285. The van der Waals surface area contributed by atoms with Crippen LogP contribution in [0, 0.1) is 19.8 Å². The second-order valence-corrected chi connectivity index (χ2v) is 6.14. The van der Waals surface area contributed by atoms with Crippen molar-refractivity contribution in [2.45, 2.75) is 46.1 Å². The van der Waals surface area contributed by atoms with E-state index >= 15 is 0 Å². The van der Waals surface area contributed by atoms with Crippen molar-refractivity contribution >= 4 is 5.82 Å². The lowest BCUT2D eigenvalue weighted by Crippen LogP contribution is -2.31. The lowest BCUT2D eigenvalue weighted by atomic mass is 9.80. The fourth-order valence-electron chi connectivity index (χ4n) is 2.69. The van der Waals surface area contributed by atoms with E-state index in [-0.39, 0.29) is 5.69 Å². The van der Waals surface area contributed by atoms with Crippen LogP contribution in [0.15, 0.2) is 4.79 Å². The van der Waals surface area contributed by atoms with E-state index in [1.165, 1.54) is 23.8 Å². The summed E-state index contributed by atoms with van der Waals surface area (Å²) < 4.78 is 1.42. The standard InChI is InChI=1S/C15H22N6O/c1-8-9(2)16-13(14-19-20-15(22)21(14)4)18-12(8)17-10(3)11-6-5-7-11/h10-11H,5-7H2,1-4H3,(H,20,22)(H,16,17,18). The smallest absolute Gasteiger partial charge is 0.343 e. The number of anilines is 1. The highest BCUT2D eigenvalue weighted by Gasteiger charge is 2.25. The zero-order chi connectivity index (χ0) is 15.9. The van der Waals surface area contributed by atoms with Crippen LogP contribution in [-0.4, -0.2) is 30.8 Å². The second-order valence-electron chi connectivity index (χ2n) is 6.14. The Labute approximate surface area is 129 Å². The summed E-state index contributed by atoms with van der Waals surface area (Å²) in [5.74, 6) is 2.46. The van der Waals surface area contributed by atoms with Crippen molar-refractivity contribution < 1.29 is 0 Å². The van der Waals surface area contributed by atoms with Gasteiger partial charge in [0.1, 0.15) is 5.82 Å². The van der Waals surface area contributed by atoms with Crippen molar-refractivity contribution in [3.05, 3.63) is 21.7 Å². The Morgan fingerprint density at radius 2 is 2.05 bits per heavy atom. The first-order valence-corrected chi connectivity index (χ1v) is 7.71. The molecule has 2 aromatic heterocycles. The van der Waals surface area contributed by atoms with Crippen molar-refractivity contribution in [3.8, 4) is 11.6 Å². The van der Waals surface area contributed by atoms with Crippen LogP contribution in [0.2, 0.25) is 0 Å². The molecule has 1 aliphatic carbocycles. The van der Waals surface area contributed by atoms with E-state index in [1.54, 1.807) is 7.05 Å². The molecule has 0 radical (unpaired) electrons. The van der Waals surface area contributed by atoms with Gasteiger partial charge in [-0.25, -0.2) is 19.9 Å². The number of nitrogens with one attached hydrogen (secondary N) is 2. The Morgan fingerprint density at radius 3 is 2.59 bits per heavy atom. The Bertz CT molecular complexity index is 743. The van der Waals surface area contributed by atoms with E-state index in [1.807, 2.05) is 13.8 Å². The maximum Gasteiger partial charge on any atom is 0.343 e. The molecule has 0 aromatic carbocycles. The van der Waals surface area contributed by atoms with Crippen molar-refractivity contribution in [1.29, 1.82) is 0 Å². The number of aromatic amines is 1. The minimum Gasteiger partial charge on any atom is -0.367 e. The number of rotatable bonds is 4. The number of hydrogen-bond acceptors (Lipinski definition) is 5. The summed E-state index contributed by atoms with van der Waals surface area (Å²) in [4.78, 5) is 20.6. The predicted molar refractivity (Wildman–Crippen MR) is 84.8 cm³/mol. The Balaban J connectivity index is 1.96. The molecule has 1 atom stereocenters. The SMILES string of the molecule is Cc1nc(-c2n[nH]c(=O)n2C)nc(NC(C)C2CCC2)c1C. The topological polar surface area (TPSA) is 88.5 Å². The summed E-state index contributed by atoms with van der Waals surface area (Å²) in [7, 11) is 1.66. The van der Waals surface area contributed by atoms with Gasteiger partial charge in [-0.15, -0.1) is 5.10 Å². The van der Waals surface area contributed by atoms with Crippen molar-refractivity contribution in [1.82, 2.24) is 24.7 Å². The number of aryl methyl sites for hydroxylation is 1. The molecule has 0 aliphatic heterocycles. The van der Waals surface area contributed by atoms with Gasteiger partial charge < -0.3 is 5.32 Å². The summed E-state index contributed by atoms with van der Waals surface area (Å²) >= 11 is 0. The first-order valence-electron chi connectivity index (χ1n) is 7.71. The minimum absolute atomic E-state index is 0.269. The molecule has 3 rings (SSSR count). The van der Waals surface area contributed by atoms with E-state index in [0.29, 0.717) is 23.6 Å². The fraction of sp³-hybridized carbons (Fsp3) is 0.600. The summed E-state index contributed by atoms with van der Waals surface area (Å²) in [6, 6.07) is 0.387. The molecule has 0 spiro atoms. The Morgan fingerprint density at radius 1 is 1.32 bits per heavy atom. The second kappa shape index (κ2) is 5.55. The number of hydrogen-bond donors (Lipinski definition) is 2. The van der Waals surface area contributed by atoms with Crippen molar-refractivity contribution in [3.63, 3.8) is 0 Å². The molecule has 0 amide bonds. The third kappa shape index (κ3) is 2.51. The van der Waals surface area contributed by atoms with E-state index < -0.39 is 0 Å². The average molecular weight is 302 g/mol. The van der Waals surface area contributed by atoms with Gasteiger partial charge in [0.2, 0.25) is 5.82 Å². The van der Waals surface area contributed by atoms with Gasteiger partial charge in [0.15, 0.2) is 5.82 Å². The quantitative estimate of drug-likeness (QED) is 0.898. The number of aromatic nitrogens is 5. The van der Waals surface area contributed by atoms with Gasteiger partial charge in [-0.2, -0.15) is 0 Å². The predicted octanol–water partition coefficient (Wildman–Crippen LogP) is 1.78. The van der Waals surface area contributed by atoms with Gasteiger partial charge in [-0.3, -0.25) is 4.57 Å². The monoisotopic (exact) mass is 302 g/mol. The van der Waals surface area contributed by atoms with Gasteiger partial charge in [0.05, 0.1) is 0 Å². The van der Waals surface area contributed by atoms with Gasteiger partial charge in [-0.1, -0.05) is 6.42 Å².